The molecule has 4 nitrogen and oxygen atoms in total. The van der Waals surface area contributed by atoms with Gasteiger partial charge in [-0.05, 0) is 18.4 Å². The number of carbonyl (C=O) groups excluding carboxylic acids is 1. The molecule has 1 aliphatic rings. The normalized spacial score (nSPS) is 17.9. The van der Waals surface area contributed by atoms with E-state index in [0.29, 0.717) is 6.04 Å². The Morgan fingerprint density at radius 2 is 2.06 bits per heavy atom. The maximum absolute atomic E-state index is 11.7. The van der Waals surface area contributed by atoms with Crippen molar-refractivity contribution in [2.24, 2.45) is 0 Å². The molecule has 0 bridgehead atoms. The fourth-order valence-electron chi connectivity index (χ4n) is 1.94. The molecular weight excluding hydrogens is 228 g/mol. The van der Waals surface area contributed by atoms with Crippen LogP contribution in [0.5, 0.6) is 0 Å². The summed E-state index contributed by atoms with van der Waals surface area (Å²) in [6, 6.07) is 9.79. The van der Waals surface area contributed by atoms with Gasteiger partial charge in [-0.2, -0.15) is 0 Å². The van der Waals surface area contributed by atoms with Crippen molar-refractivity contribution >= 4 is 6.03 Å². The molecule has 4 heteroatoms. The third-order valence-corrected chi connectivity index (χ3v) is 3.35. The van der Waals surface area contributed by atoms with E-state index in [1.54, 1.807) is 0 Å². The molecule has 1 aromatic rings. The van der Waals surface area contributed by atoms with Crippen LogP contribution in [0.15, 0.2) is 30.3 Å². The summed E-state index contributed by atoms with van der Waals surface area (Å²) < 4.78 is 0. The van der Waals surface area contributed by atoms with Crippen molar-refractivity contribution in [2.75, 3.05) is 6.61 Å². The summed E-state index contributed by atoms with van der Waals surface area (Å²) in [5.41, 5.74) is 1.11. The van der Waals surface area contributed by atoms with Gasteiger partial charge in [0, 0.05) is 12.0 Å². The van der Waals surface area contributed by atoms with Gasteiger partial charge in [-0.15, -0.1) is 0 Å². The van der Waals surface area contributed by atoms with Crippen molar-refractivity contribution in [3.8, 4) is 0 Å². The van der Waals surface area contributed by atoms with Gasteiger partial charge in [-0.1, -0.05) is 37.3 Å². The van der Waals surface area contributed by atoms with Crippen LogP contribution in [0.25, 0.3) is 0 Å². The number of nitrogens with one attached hydrogen (secondary N) is 2. The predicted molar refractivity (Wildman–Crippen MR) is 70.4 cm³/mol. The summed E-state index contributed by atoms with van der Waals surface area (Å²) in [6.07, 6.45) is 2.12. The fourth-order valence-corrected chi connectivity index (χ4v) is 1.94. The SMILES string of the molecule is CC(c1ccccc1)C(CO)NC(=O)NC1CC1. The molecule has 0 aromatic heterocycles. The number of aliphatic hydroxyl groups is 1. The van der Waals surface area contributed by atoms with Gasteiger partial charge in [-0.3, -0.25) is 0 Å². The van der Waals surface area contributed by atoms with Gasteiger partial charge >= 0.3 is 6.03 Å². The van der Waals surface area contributed by atoms with Crippen molar-refractivity contribution in [2.45, 2.75) is 37.8 Å². The first-order valence-electron chi connectivity index (χ1n) is 6.43. The minimum atomic E-state index is -0.258. The zero-order chi connectivity index (χ0) is 13.0. The quantitative estimate of drug-likeness (QED) is 0.741. The number of amides is 2. The second-order valence-electron chi connectivity index (χ2n) is 4.88. The first-order valence-corrected chi connectivity index (χ1v) is 6.43. The third kappa shape index (κ3) is 3.47. The largest absolute Gasteiger partial charge is 0.394 e. The Bertz CT molecular complexity index is 390. The molecular formula is C14H20N2O2. The first-order chi connectivity index (χ1) is 8.70. The minimum absolute atomic E-state index is 0.0614. The number of urea groups is 1. The summed E-state index contributed by atoms with van der Waals surface area (Å²) >= 11 is 0. The Morgan fingerprint density at radius 1 is 1.39 bits per heavy atom. The van der Waals surface area contributed by atoms with E-state index in [-0.39, 0.29) is 24.6 Å². The average Bonchev–Trinajstić information content (AvgIpc) is 3.20. The highest BCUT2D eigenvalue weighted by molar-refractivity contribution is 5.75. The Kier molecular flexibility index (Phi) is 4.20. The Balaban J connectivity index is 1.92. The molecule has 2 atom stereocenters. The maximum atomic E-state index is 11.7. The molecule has 0 saturated heterocycles. The summed E-state index contributed by atoms with van der Waals surface area (Å²) in [5, 5.41) is 15.1. The third-order valence-electron chi connectivity index (χ3n) is 3.35. The van der Waals surface area contributed by atoms with Crippen LogP contribution in [0.2, 0.25) is 0 Å². The molecule has 1 fully saturated rings. The molecule has 2 rings (SSSR count). The average molecular weight is 248 g/mol. The van der Waals surface area contributed by atoms with E-state index in [9.17, 15) is 9.90 Å². The number of rotatable bonds is 5. The van der Waals surface area contributed by atoms with Crippen molar-refractivity contribution in [1.82, 2.24) is 10.6 Å². The van der Waals surface area contributed by atoms with Crippen molar-refractivity contribution in [3.05, 3.63) is 35.9 Å². The molecule has 0 radical (unpaired) electrons. The smallest absolute Gasteiger partial charge is 0.315 e. The highest BCUT2D eigenvalue weighted by Gasteiger charge is 2.25. The molecule has 1 aromatic carbocycles. The van der Waals surface area contributed by atoms with E-state index in [0.717, 1.165) is 18.4 Å². The number of hydrogen-bond donors (Lipinski definition) is 3. The Morgan fingerprint density at radius 3 is 2.61 bits per heavy atom. The second kappa shape index (κ2) is 5.87. The zero-order valence-corrected chi connectivity index (χ0v) is 10.6. The molecule has 0 aliphatic heterocycles. The van der Waals surface area contributed by atoms with Gasteiger partial charge in [0.25, 0.3) is 0 Å². The van der Waals surface area contributed by atoms with Crippen LogP contribution >= 0.6 is 0 Å². The predicted octanol–water partition coefficient (Wildman–Crippen LogP) is 1.61. The molecule has 0 heterocycles. The van der Waals surface area contributed by atoms with E-state index in [4.69, 9.17) is 0 Å². The standard InChI is InChI=1S/C14H20N2O2/c1-10(11-5-3-2-4-6-11)13(9-17)16-14(18)15-12-7-8-12/h2-6,10,12-13,17H,7-9H2,1H3,(H2,15,16,18). The van der Waals surface area contributed by atoms with E-state index in [1.165, 1.54) is 0 Å². The number of hydrogen-bond acceptors (Lipinski definition) is 2. The topological polar surface area (TPSA) is 61.4 Å². The molecule has 2 unspecified atom stereocenters. The van der Waals surface area contributed by atoms with Crippen LogP contribution in [-0.4, -0.2) is 29.8 Å². The lowest BCUT2D eigenvalue weighted by atomic mass is 9.94. The number of aliphatic hydroxyl groups excluding tert-OH is 1. The van der Waals surface area contributed by atoms with E-state index < -0.39 is 0 Å². The highest BCUT2D eigenvalue weighted by Crippen LogP contribution is 2.20. The van der Waals surface area contributed by atoms with E-state index in [2.05, 4.69) is 10.6 Å². The molecule has 2 amide bonds. The molecule has 1 saturated carbocycles. The Labute approximate surface area is 107 Å². The van der Waals surface area contributed by atoms with Crippen molar-refractivity contribution in [3.63, 3.8) is 0 Å². The highest BCUT2D eigenvalue weighted by atomic mass is 16.3. The fraction of sp³-hybridized carbons (Fsp3) is 0.500. The lowest BCUT2D eigenvalue weighted by Gasteiger charge is -2.23. The first kappa shape index (κ1) is 12.9. The van der Waals surface area contributed by atoms with Gasteiger partial charge in [0.2, 0.25) is 0 Å². The van der Waals surface area contributed by atoms with Crippen LogP contribution in [0, 0.1) is 0 Å². The lowest BCUT2D eigenvalue weighted by molar-refractivity contribution is 0.207. The number of carbonyl (C=O) groups is 1. The molecule has 0 spiro atoms. The molecule has 18 heavy (non-hydrogen) atoms. The minimum Gasteiger partial charge on any atom is -0.394 e. The van der Waals surface area contributed by atoms with Gasteiger partial charge < -0.3 is 15.7 Å². The second-order valence-corrected chi connectivity index (χ2v) is 4.88. The molecule has 1 aliphatic carbocycles. The maximum Gasteiger partial charge on any atom is 0.315 e. The van der Waals surface area contributed by atoms with Crippen LogP contribution in [0.4, 0.5) is 4.79 Å². The lowest BCUT2D eigenvalue weighted by Crippen LogP contribution is -2.46. The van der Waals surface area contributed by atoms with Crippen LogP contribution in [0.1, 0.15) is 31.2 Å². The van der Waals surface area contributed by atoms with Gasteiger partial charge in [0.05, 0.1) is 12.6 Å². The monoisotopic (exact) mass is 248 g/mol. The summed E-state index contributed by atoms with van der Waals surface area (Å²) in [7, 11) is 0. The van der Waals surface area contributed by atoms with Gasteiger partial charge in [0.1, 0.15) is 0 Å². The van der Waals surface area contributed by atoms with Crippen molar-refractivity contribution in [1.29, 1.82) is 0 Å². The van der Waals surface area contributed by atoms with Gasteiger partial charge in [-0.25, -0.2) is 4.79 Å². The summed E-state index contributed by atoms with van der Waals surface area (Å²) in [4.78, 5) is 11.7. The summed E-state index contributed by atoms with van der Waals surface area (Å²) in [6.45, 7) is 1.95. The summed E-state index contributed by atoms with van der Waals surface area (Å²) in [5.74, 6) is 0.0844. The van der Waals surface area contributed by atoms with Gasteiger partial charge in [0.15, 0.2) is 0 Å². The zero-order valence-electron chi connectivity index (χ0n) is 10.6. The number of benzene rings is 1. The van der Waals surface area contributed by atoms with E-state index in [1.807, 2.05) is 37.3 Å². The Hall–Kier alpha value is -1.55. The molecule has 3 N–H and O–H groups in total. The van der Waals surface area contributed by atoms with Crippen LogP contribution < -0.4 is 10.6 Å². The van der Waals surface area contributed by atoms with Crippen LogP contribution in [-0.2, 0) is 0 Å². The van der Waals surface area contributed by atoms with Crippen LogP contribution in [0.3, 0.4) is 0 Å². The van der Waals surface area contributed by atoms with E-state index >= 15 is 0 Å². The molecule has 98 valence electrons. The van der Waals surface area contributed by atoms with Crippen molar-refractivity contribution < 1.29 is 9.90 Å².